The number of nitrogens with two attached hydrogens (primary N) is 1. The van der Waals surface area contributed by atoms with Gasteiger partial charge in [-0.15, -0.1) is 0 Å². The molecule has 0 aliphatic carbocycles. The second-order valence-electron chi connectivity index (χ2n) is 11.6. The number of hydrazine groups is 1. The molecule has 46 heavy (non-hydrogen) atoms. The molecule has 0 bridgehead atoms. The lowest BCUT2D eigenvalue weighted by Crippen LogP contribution is -2.50. The van der Waals surface area contributed by atoms with Crippen molar-refractivity contribution in [3.63, 3.8) is 0 Å². The average molecular weight is 755 g/mol. The topological polar surface area (TPSA) is 108 Å². The molecule has 0 aromatic heterocycles. The third kappa shape index (κ3) is 8.83. The first-order valence-electron chi connectivity index (χ1n) is 15.7. The van der Waals surface area contributed by atoms with Gasteiger partial charge in [0.05, 0.1) is 12.2 Å². The van der Waals surface area contributed by atoms with Gasteiger partial charge in [0.2, 0.25) is 5.91 Å². The van der Waals surface area contributed by atoms with Crippen molar-refractivity contribution in [2.75, 3.05) is 50.9 Å². The number of benzene rings is 3. The van der Waals surface area contributed by atoms with E-state index in [1.165, 1.54) is 0 Å². The Bertz CT molecular complexity index is 1510. The van der Waals surface area contributed by atoms with E-state index in [9.17, 15) is 14.4 Å². The average Bonchev–Trinajstić information content (AvgIpc) is 3.07. The van der Waals surface area contributed by atoms with Crippen LogP contribution in [0.3, 0.4) is 0 Å². The summed E-state index contributed by atoms with van der Waals surface area (Å²) in [4.78, 5) is 40.4. The minimum Gasteiger partial charge on any atom is -0.447 e. The van der Waals surface area contributed by atoms with E-state index in [1.54, 1.807) is 5.01 Å². The van der Waals surface area contributed by atoms with Crippen molar-refractivity contribution in [2.24, 2.45) is 11.7 Å². The number of carbonyl (C=O) groups excluding carboxylic acids is 3. The van der Waals surface area contributed by atoms with Crippen LogP contribution in [0, 0.1) is 12.3 Å². The molecule has 2 aliphatic rings. The largest absolute Gasteiger partial charge is 0.447 e. The molecule has 2 fully saturated rings. The van der Waals surface area contributed by atoms with E-state index in [0.717, 1.165) is 83.2 Å². The fraction of sp³-hybridized carbons (Fsp3) is 0.371. The van der Waals surface area contributed by atoms with Crippen LogP contribution in [-0.4, -0.2) is 73.6 Å². The Morgan fingerprint density at radius 1 is 0.913 bits per heavy atom. The van der Waals surface area contributed by atoms with Gasteiger partial charge < -0.3 is 15.8 Å². The quantitative estimate of drug-likeness (QED) is 0.167. The molecule has 0 spiro atoms. The number of hydrogen-bond acceptors (Lipinski definition) is 7. The second kappa shape index (κ2) is 16.6. The summed E-state index contributed by atoms with van der Waals surface area (Å²) in [6.07, 6.45) is 5.11. The van der Waals surface area contributed by atoms with Crippen LogP contribution < -0.4 is 16.1 Å². The number of nitrogens with zero attached hydrogens (tertiary/aromatic N) is 3. The highest BCUT2D eigenvalue weighted by Crippen LogP contribution is 2.33. The van der Waals surface area contributed by atoms with Crippen LogP contribution in [0.5, 0.6) is 0 Å². The molecule has 1 radical (unpaired) electrons. The summed E-state index contributed by atoms with van der Waals surface area (Å²) in [5, 5.41) is 6.84. The van der Waals surface area contributed by atoms with Crippen molar-refractivity contribution in [3.05, 3.63) is 93.2 Å². The summed E-state index contributed by atoms with van der Waals surface area (Å²) in [5.74, 6) is -0.344. The van der Waals surface area contributed by atoms with Crippen LogP contribution >= 0.6 is 31.9 Å². The van der Waals surface area contributed by atoms with Gasteiger partial charge in [0, 0.05) is 52.2 Å². The SMILES string of the molecule is NC(=O)C1CCN(Cc2cc(Br)c(C(=O)CNCCOC(=O)N(c3ccccc3-c3ccccc3)N3CC[CH]CC3)cc2Br)CC1. The fourth-order valence-electron chi connectivity index (χ4n) is 5.93. The lowest BCUT2D eigenvalue weighted by Gasteiger charge is -2.37. The summed E-state index contributed by atoms with van der Waals surface area (Å²) in [7, 11) is 0. The normalized spacial score (nSPS) is 16.2. The van der Waals surface area contributed by atoms with Crippen molar-refractivity contribution in [3.8, 4) is 11.1 Å². The Balaban J connectivity index is 1.15. The molecule has 3 N–H and O–H groups in total. The molecule has 3 aromatic carbocycles. The number of likely N-dealkylation sites (tertiary alicyclic amines) is 1. The molecule has 0 saturated carbocycles. The van der Waals surface area contributed by atoms with Crippen LogP contribution in [0.2, 0.25) is 0 Å². The lowest BCUT2D eigenvalue weighted by atomic mass is 9.96. The summed E-state index contributed by atoms with van der Waals surface area (Å²) < 4.78 is 7.34. The molecule has 2 amide bonds. The van der Waals surface area contributed by atoms with Gasteiger partial charge in [0.1, 0.15) is 6.61 Å². The van der Waals surface area contributed by atoms with Crippen molar-refractivity contribution in [1.82, 2.24) is 15.2 Å². The molecule has 0 unspecified atom stereocenters. The number of amides is 2. The summed E-state index contributed by atoms with van der Waals surface area (Å²) >= 11 is 7.23. The molecule has 0 atom stereocenters. The Hall–Kier alpha value is -3.09. The van der Waals surface area contributed by atoms with Gasteiger partial charge in [0.15, 0.2) is 5.78 Å². The van der Waals surface area contributed by atoms with Crippen LogP contribution in [0.1, 0.15) is 41.6 Å². The Morgan fingerprint density at radius 3 is 2.33 bits per heavy atom. The molecule has 5 rings (SSSR count). The molecule has 2 saturated heterocycles. The molecule has 2 heterocycles. The predicted molar refractivity (Wildman–Crippen MR) is 187 cm³/mol. The van der Waals surface area contributed by atoms with Crippen LogP contribution in [0.25, 0.3) is 11.1 Å². The predicted octanol–water partition coefficient (Wildman–Crippen LogP) is 6.21. The lowest BCUT2D eigenvalue weighted by molar-refractivity contribution is -0.123. The number of primary amides is 1. The number of hydrogen-bond donors (Lipinski definition) is 2. The molecule has 11 heteroatoms. The molecule has 2 aliphatic heterocycles. The van der Waals surface area contributed by atoms with E-state index in [2.05, 4.69) is 48.5 Å². The first-order valence-corrected chi connectivity index (χ1v) is 17.3. The minimum absolute atomic E-state index is 0.0498. The molecule has 3 aromatic rings. The first kappa shape index (κ1) is 34.3. The number of rotatable bonds is 12. The highest BCUT2D eigenvalue weighted by Gasteiger charge is 2.29. The zero-order valence-corrected chi connectivity index (χ0v) is 29.0. The maximum atomic E-state index is 13.6. The van der Waals surface area contributed by atoms with Crippen molar-refractivity contribution in [1.29, 1.82) is 0 Å². The Kier molecular flexibility index (Phi) is 12.4. The highest BCUT2D eigenvalue weighted by molar-refractivity contribution is 9.11. The van der Waals surface area contributed by atoms with E-state index in [4.69, 9.17) is 10.5 Å². The van der Waals surface area contributed by atoms with Crippen LogP contribution in [-0.2, 0) is 16.1 Å². The monoisotopic (exact) mass is 752 g/mol. The fourth-order valence-corrected chi connectivity index (χ4v) is 7.01. The Morgan fingerprint density at radius 2 is 1.61 bits per heavy atom. The number of ether oxygens (including phenoxy) is 1. The van der Waals surface area contributed by atoms with Crippen molar-refractivity contribution >= 4 is 55.3 Å². The molecule has 9 nitrogen and oxygen atoms in total. The number of anilines is 1. The standard InChI is InChI=1S/C35H40Br2N5O4/c36-30-22-29(31(37)21-27(30)24-40-18-13-26(14-19-40)34(38)44)33(43)23-39-15-20-46-35(45)42(41-16-7-2-8-17-41)32-12-6-5-11-28(32)25-9-3-1-4-10-25/h1-6,9-12,21-22,26,39H,7-8,13-20,23-24H2,(H2,38,44). The Labute approximate surface area is 287 Å². The number of para-hydroxylation sites is 1. The molecular formula is C35H40Br2N5O4. The number of nitrogens with one attached hydrogen (secondary N) is 1. The van der Waals surface area contributed by atoms with Gasteiger partial charge in [-0.05, 0) is 74.5 Å². The number of halogens is 2. The van der Waals surface area contributed by atoms with Crippen LogP contribution in [0.15, 0.2) is 75.7 Å². The number of Topliss-reactive ketones (excluding diaryl/α,β-unsaturated/α-hetero) is 1. The highest BCUT2D eigenvalue weighted by atomic mass is 79.9. The molecular weight excluding hydrogens is 714 g/mol. The third-order valence-electron chi connectivity index (χ3n) is 8.47. The maximum Gasteiger partial charge on any atom is 0.429 e. The zero-order valence-electron chi connectivity index (χ0n) is 25.8. The second-order valence-corrected chi connectivity index (χ2v) is 13.3. The number of ketones is 1. The van der Waals surface area contributed by atoms with E-state index in [-0.39, 0.29) is 30.8 Å². The van der Waals surface area contributed by atoms with Gasteiger partial charge in [-0.3, -0.25) is 14.5 Å². The van der Waals surface area contributed by atoms with Gasteiger partial charge in [0.25, 0.3) is 0 Å². The van der Waals surface area contributed by atoms with E-state index in [1.807, 2.05) is 71.7 Å². The van der Waals surface area contributed by atoms with Gasteiger partial charge >= 0.3 is 6.09 Å². The summed E-state index contributed by atoms with van der Waals surface area (Å²) in [5.41, 5.74) is 9.85. The van der Waals surface area contributed by atoms with Gasteiger partial charge in [-0.1, -0.05) is 80.4 Å². The van der Waals surface area contributed by atoms with E-state index < -0.39 is 6.09 Å². The minimum atomic E-state index is -0.445. The van der Waals surface area contributed by atoms with E-state index in [0.29, 0.717) is 18.7 Å². The maximum absolute atomic E-state index is 13.6. The zero-order chi connectivity index (χ0) is 32.5. The smallest absolute Gasteiger partial charge is 0.429 e. The third-order valence-corrected chi connectivity index (χ3v) is 9.86. The van der Waals surface area contributed by atoms with Crippen molar-refractivity contribution < 1.29 is 19.1 Å². The number of carbonyl (C=O) groups is 3. The van der Waals surface area contributed by atoms with Crippen LogP contribution in [0.4, 0.5) is 10.5 Å². The van der Waals surface area contributed by atoms with Gasteiger partial charge in [-0.25, -0.2) is 14.8 Å². The first-order chi connectivity index (χ1) is 22.3. The van der Waals surface area contributed by atoms with E-state index >= 15 is 0 Å². The summed E-state index contributed by atoms with van der Waals surface area (Å²) in [6.45, 7) is 4.33. The van der Waals surface area contributed by atoms with Gasteiger partial charge in [-0.2, -0.15) is 0 Å². The molecule has 243 valence electrons. The summed E-state index contributed by atoms with van der Waals surface area (Å²) in [6, 6.07) is 21.7. The van der Waals surface area contributed by atoms with Crippen molar-refractivity contribution in [2.45, 2.75) is 32.2 Å². The number of piperidine rings is 2.